The Kier molecular flexibility index (Phi) is 3.69. The van der Waals surface area contributed by atoms with Crippen LogP contribution < -0.4 is 5.32 Å². The fourth-order valence-corrected chi connectivity index (χ4v) is 2.34. The summed E-state index contributed by atoms with van der Waals surface area (Å²) < 4.78 is 5.21. The van der Waals surface area contributed by atoms with Gasteiger partial charge in [0.15, 0.2) is 5.58 Å². The van der Waals surface area contributed by atoms with Crippen molar-refractivity contribution in [2.45, 2.75) is 19.4 Å². The average molecular weight is 280 g/mol. The molecule has 106 valence electrons. The number of hydrogen-bond donors (Lipinski definition) is 1. The van der Waals surface area contributed by atoms with Crippen LogP contribution in [-0.4, -0.2) is 11.1 Å². The molecule has 1 N–H and O–H groups in total. The Bertz CT molecular complexity index is 750. The lowest BCUT2D eigenvalue weighted by molar-refractivity contribution is -0.121. The first kappa shape index (κ1) is 13.4. The molecule has 1 heterocycles. The van der Waals surface area contributed by atoms with Crippen LogP contribution >= 0.6 is 0 Å². The summed E-state index contributed by atoms with van der Waals surface area (Å²) in [7, 11) is 0. The number of carbonyl (C=O) groups is 1. The molecule has 0 radical (unpaired) electrons. The van der Waals surface area contributed by atoms with Gasteiger partial charge in [0, 0.05) is 5.39 Å². The van der Waals surface area contributed by atoms with Crippen LogP contribution in [0.3, 0.4) is 0 Å². The highest BCUT2D eigenvalue weighted by Gasteiger charge is 2.14. The fourth-order valence-electron chi connectivity index (χ4n) is 2.34. The number of aromatic nitrogens is 1. The normalized spacial score (nSPS) is 12.2. The molecule has 1 atom stereocenters. The third kappa shape index (κ3) is 2.94. The zero-order valence-corrected chi connectivity index (χ0v) is 11.7. The van der Waals surface area contributed by atoms with E-state index in [1.807, 2.05) is 61.5 Å². The van der Waals surface area contributed by atoms with Crippen LogP contribution in [0, 0.1) is 0 Å². The van der Waals surface area contributed by atoms with Gasteiger partial charge < -0.3 is 9.84 Å². The summed E-state index contributed by atoms with van der Waals surface area (Å²) in [6.45, 7) is 1.97. The Morgan fingerprint density at radius 2 is 1.86 bits per heavy atom. The quantitative estimate of drug-likeness (QED) is 0.798. The number of carbonyl (C=O) groups excluding carboxylic acids is 1. The summed E-state index contributed by atoms with van der Waals surface area (Å²) >= 11 is 0. The summed E-state index contributed by atoms with van der Waals surface area (Å²) in [6, 6.07) is 17.4. The largest absolute Gasteiger partial charge is 0.356 e. The monoisotopic (exact) mass is 280 g/mol. The topological polar surface area (TPSA) is 55.1 Å². The Morgan fingerprint density at radius 3 is 2.67 bits per heavy atom. The third-order valence-electron chi connectivity index (χ3n) is 3.46. The first-order valence-electron chi connectivity index (χ1n) is 6.91. The minimum Gasteiger partial charge on any atom is -0.356 e. The lowest BCUT2D eigenvalue weighted by atomic mass is 10.1. The Hall–Kier alpha value is -2.62. The molecule has 4 nitrogen and oxygen atoms in total. The minimum absolute atomic E-state index is 0.0307. The van der Waals surface area contributed by atoms with Crippen molar-refractivity contribution in [3.05, 3.63) is 65.9 Å². The standard InChI is InChI=1S/C17H16N2O2/c1-12(13-7-3-2-4-8-13)18-17(20)11-15-14-9-5-6-10-16(14)21-19-15/h2-10,12H,11H2,1H3,(H,18,20). The van der Waals surface area contributed by atoms with Crippen molar-refractivity contribution < 1.29 is 9.32 Å². The highest BCUT2D eigenvalue weighted by molar-refractivity contribution is 5.86. The van der Waals surface area contributed by atoms with E-state index in [0.29, 0.717) is 11.3 Å². The number of para-hydroxylation sites is 1. The molecule has 0 saturated carbocycles. The molecule has 1 aromatic heterocycles. The second-order valence-electron chi connectivity index (χ2n) is 5.00. The van der Waals surface area contributed by atoms with Gasteiger partial charge in [-0.3, -0.25) is 4.79 Å². The molecule has 0 aliphatic carbocycles. The molecule has 3 rings (SSSR count). The van der Waals surface area contributed by atoms with Gasteiger partial charge in [-0.25, -0.2) is 0 Å². The van der Waals surface area contributed by atoms with Crippen molar-refractivity contribution in [3.63, 3.8) is 0 Å². The zero-order chi connectivity index (χ0) is 14.7. The molecule has 21 heavy (non-hydrogen) atoms. The summed E-state index contributed by atoms with van der Waals surface area (Å²) in [5, 5.41) is 7.85. The molecule has 4 heteroatoms. The van der Waals surface area contributed by atoms with E-state index in [0.717, 1.165) is 10.9 Å². The first-order chi connectivity index (χ1) is 10.2. The van der Waals surface area contributed by atoms with Gasteiger partial charge in [0.25, 0.3) is 0 Å². The molecular weight excluding hydrogens is 264 g/mol. The molecule has 0 spiro atoms. The van der Waals surface area contributed by atoms with E-state index in [4.69, 9.17) is 4.52 Å². The number of amides is 1. The van der Waals surface area contributed by atoms with Gasteiger partial charge in [0.05, 0.1) is 12.5 Å². The van der Waals surface area contributed by atoms with E-state index in [1.165, 1.54) is 0 Å². The highest BCUT2D eigenvalue weighted by atomic mass is 16.5. The zero-order valence-electron chi connectivity index (χ0n) is 11.7. The van der Waals surface area contributed by atoms with Crippen molar-refractivity contribution in [2.75, 3.05) is 0 Å². The molecule has 2 aromatic carbocycles. The van der Waals surface area contributed by atoms with E-state index in [9.17, 15) is 4.79 Å². The van der Waals surface area contributed by atoms with E-state index in [1.54, 1.807) is 0 Å². The smallest absolute Gasteiger partial charge is 0.226 e. The van der Waals surface area contributed by atoms with Crippen LogP contribution in [0.5, 0.6) is 0 Å². The van der Waals surface area contributed by atoms with Gasteiger partial charge in [0.1, 0.15) is 5.69 Å². The Morgan fingerprint density at radius 1 is 1.14 bits per heavy atom. The number of nitrogens with one attached hydrogen (secondary N) is 1. The van der Waals surface area contributed by atoms with Gasteiger partial charge in [-0.2, -0.15) is 0 Å². The van der Waals surface area contributed by atoms with Gasteiger partial charge in [0.2, 0.25) is 5.91 Å². The molecule has 0 bridgehead atoms. The molecule has 0 fully saturated rings. The second-order valence-corrected chi connectivity index (χ2v) is 5.00. The van der Waals surface area contributed by atoms with Crippen LogP contribution in [0.4, 0.5) is 0 Å². The van der Waals surface area contributed by atoms with E-state index in [-0.39, 0.29) is 18.4 Å². The van der Waals surface area contributed by atoms with Crippen LogP contribution in [0.25, 0.3) is 11.0 Å². The number of hydrogen-bond acceptors (Lipinski definition) is 3. The van der Waals surface area contributed by atoms with Crippen LogP contribution in [0.2, 0.25) is 0 Å². The highest BCUT2D eigenvalue weighted by Crippen LogP contribution is 2.18. The van der Waals surface area contributed by atoms with Crippen molar-refractivity contribution in [1.82, 2.24) is 10.5 Å². The van der Waals surface area contributed by atoms with Crippen LogP contribution in [0.15, 0.2) is 59.1 Å². The molecule has 0 aliphatic rings. The lowest BCUT2D eigenvalue weighted by Crippen LogP contribution is -2.28. The van der Waals surface area contributed by atoms with E-state index >= 15 is 0 Å². The number of nitrogens with zero attached hydrogens (tertiary/aromatic N) is 1. The predicted molar refractivity (Wildman–Crippen MR) is 80.7 cm³/mol. The molecule has 3 aromatic rings. The van der Waals surface area contributed by atoms with Crippen molar-refractivity contribution in [2.24, 2.45) is 0 Å². The number of fused-ring (bicyclic) bond motifs is 1. The molecule has 0 aliphatic heterocycles. The molecule has 1 unspecified atom stereocenters. The van der Waals surface area contributed by atoms with Gasteiger partial charge in [-0.1, -0.05) is 47.6 Å². The van der Waals surface area contributed by atoms with Crippen molar-refractivity contribution in [1.29, 1.82) is 0 Å². The maximum absolute atomic E-state index is 12.1. The number of rotatable bonds is 4. The number of benzene rings is 2. The molecular formula is C17H16N2O2. The first-order valence-corrected chi connectivity index (χ1v) is 6.91. The fraction of sp³-hybridized carbons (Fsp3) is 0.176. The summed E-state index contributed by atoms with van der Waals surface area (Å²) in [6.07, 6.45) is 0.216. The van der Waals surface area contributed by atoms with E-state index in [2.05, 4.69) is 10.5 Å². The third-order valence-corrected chi connectivity index (χ3v) is 3.46. The lowest BCUT2D eigenvalue weighted by Gasteiger charge is -2.13. The van der Waals surface area contributed by atoms with Gasteiger partial charge >= 0.3 is 0 Å². The maximum Gasteiger partial charge on any atom is 0.226 e. The maximum atomic E-state index is 12.1. The average Bonchev–Trinajstić information content (AvgIpc) is 2.91. The SMILES string of the molecule is CC(NC(=O)Cc1noc2ccccc12)c1ccccc1. The van der Waals surface area contributed by atoms with Gasteiger partial charge in [-0.05, 0) is 24.6 Å². The molecule has 1 amide bonds. The Balaban J connectivity index is 1.69. The minimum atomic E-state index is -0.0644. The van der Waals surface area contributed by atoms with Crippen molar-refractivity contribution >= 4 is 16.9 Å². The molecule has 0 saturated heterocycles. The van der Waals surface area contributed by atoms with E-state index < -0.39 is 0 Å². The second kappa shape index (κ2) is 5.79. The summed E-state index contributed by atoms with van der Waals surface area (Å²) in [5.41, 5.74) is 2.45. The van der Waals surface area contributed by atoms with Crippen LogP contribution in [0.1, 0.15) is 24.2 Å². The van der Waals surface area contributed by atoms with Crippen molar-refractivity contribution in [3.8, 4) is 0 Å². The van der Waals surface area contributed by atoms with Gasteiger partial charge in [-0.15, -0.1) is 0 Å². The van der Waals surface area contributed by atoms with Crippen LogP contribution in [-0.2, 0) is 11.2 Å². The predicted octanol–water partition coefficient (Wildman–Crippen LogP) is 3.25. The Labute approximate surface area is 122 Å². The summed E-state index contributed by atoms with van der Waals surface area (Å²) in [4.78, 5) is 12.1. The summed E-state index contributed by atoms with van der Waals surface area (Å²) in [5.74, 6) is -0.0644.